The van der Waals surface area contributed by atoms with E-state index in [1.807, 2.05) is 35.6 Å². The molecule has 0 aliphatic heterocycles. The highest BCUT2D eigenvalue weighted by atomic mass is 28.3. The second-order valence-corrected chi connectivity index (χ2v) is 19.9. The SMILES string of the molecule is COC(=O)Nc1ccc(-c2cn(COCC[Si](C)(C)C)c([C@H](COCCC(=O)OCc3ccccc3)NC(=O)OC(C)(C)C)n2)c(NC(=O)C(F)(F)F)c1. The van der Waals surface area contributed by atoms with Crippen molar-refractivity contribution in [3.63, 3.8) is 0 Å². The van der Waals surface area contributed by atoms with Crippen LogP contribution in [0.3, 0.4) is 0 Å². The van der Waals surface area contributed by atoms with E-state index in [1.54, 1.807) is 25.3 Å². The van der Waals surface area contributed by atoms with Gasteiger partial charge in [-0.1, -0.05) is 50.0 Å². The lowest BCUT2D eigenvalue weighted by molar-refractivity contribution is -0.167. The number of methoxy groups -OCH3 is 1. The summed E-state index contributed by atoms with van der Waals surface area (Å²) in [6, 6.07) is 12.8. The van der Waals surface area contributed by atoms with Gasteiger partial charge in [0.2, 0.25) is 0 Å². The standard InChI is InChI=1S/C36H48F3N5O9Si/c1-35(2,3)53-34(48)43-29(22-50-16-15-30(45)52-21-24-11-9-8-10-12-24)31-41-28(20-44(31)23-51-17-18-54(5,6)7)26-14-13-25(40-33(47)49-4)19-27(26)42-32(46)36(37,38)39/h8-14,19-20,29H,15-18,21-23H2,1-7H3,(H,40,47)(H,42,46)(H,43,48)/t29-/m0/s1. The van der Waals surface area contributed by atoms with E-state index in [0.717, 1.165) is 24.8 Å². The van der Waals surface area contributed by atoms with E-state index in [9.17, 15) is 32.3 Å². The van der Waals surface area contributed by atoms with E-state index in [2.05, 4.69) is 40.0 Å². The van der Waals surface area contributed by atoms with Gasteiger partial charge < -0.3 is 38.9 Å². The van der Waals surface area contributed by atoms with Crippen LogP contribution in [-0.2, 0) is 46.6 Å². The number of carbonyl (C=O) groups excluding carboxylic acids is 4. The molecule has 3 amide bonds. The zero-order chi connectivity index (χ0) is 40.1. The summed E-state index contributed by atoms with van der Waals surface area (Å²) in [6.07, 6.45) is -5.55. The van der Waals surface area contributed by atoms with Gasteiger partial charge in [0.15, 0.2) is 0 Å². The summed E-state index contributed by atoms with van der Waals surface area (Å²) in [5.41, 5.74) is -0.228. The molecule has 296 valence electrons. The minimum Gasteiger partial charge on any atom is -0.461 e. The summed E-state index contributed by atoms with van der Waals surface area (Å²) in [5, 5.41) is 6.93. The number of anilines is 2. The highest BCUT2D eigenvalue weighted by molar-refractivity contribution is 6.76. The number of hydrogen-bond acceptors (Lipinski definition) is 10. The van der Waals surface area contributed by atoms with Gasteiger partial charge in [0.25, 0.3) is 0 Å². The van der Waals surface area contributed by atoms with Crippen molar-refractivity contribution in [3.8, 4) is 11.3 Å². The quantitative estimate of drug-likeness (QED) is 0.0549. The molecule has 0 unspecified atom stereocenters. The zero-order valence-corrected chi connectivity index (χ0v) is 32.4. The molecule has 0 radical (unpaired) electrons. The third-order valence-corrected chi connectivity index (χ3v) is 8.95. The summed E-state index contributed by atoms with van der Waals surface area (Å²) in [4.78, 5) is 54.1. The molecule has 0 aliphatic rings. The molecule has 0 aliphatic carbocycles. The first-order valence-electron chi connectivity index (χ1n) is 17.0. The van der Waals surface area contributed by atoms with Crippen molar-refractivity contribution < 1.29 is 56.0 Å². The number of hydrogen-bond donors (Lipinski definition) is 3. The summed E-state index contributed by atoms with van der Waals surface area (Å²) in [7, 11) is -0.380. The number of carbonyl (C=O) groups is 4. The van der Waals surface area contributed by atoms with Crippen LogP contribution in [0.2, 0.25) is 25.7 Å². The first-order chi connectivity index (χ1) is 25.2. The van der Waals surface area contributed by atoms with Crippen molar-refractivity contribution >= 4 is 43.5 Å². The average molecular weight is 780 g/mol. The minimum absolute atomic E-state index is 0.0255. The number of alkyl halides is 3. The molecule has 1 heterocycles. The van der Waals surface area contributed by atoms with Crippen LogP contribution in [0.4, 0.5) is 34.1 Å². The first kappa shape index (κ1) is 43.5. The number of aromatic nitrogens is 2. The maximum absolute atomic E-state index is 13.4. The van der Waals surface area contributed by atoms with Gasteiger partial charge in [0.1, 0.15) is 30.8 Å². The smallest absolute Gasteiger partial charge is 0.461 e. The molecule has 0 fully saturated rings. The molecule has 3 rings (SSSR count). The van der Waals surface area contributed by atoms with Crippen LogP contribution in [0.1, 0.15) is 44.6 Å². The van der Waals surface area contributed by atoms with Crippen LogP contribution in [-0.4, -0.2) is 80.4 Å². The largest absolute Gasteiger partial charge is 0.471 e. The lowest BCUT2D eigenvalue weighted by Gasteiger charge is -2.24. The fourth-order valence-electron chi connectivity index (χ4n) is 4.59. The molecular formula is C36H48F3N5O9Si. The van der Waals surface area contributed by atoms with Gasteiger partial charge in [-0.15, -0.1) is 0 Å². The minimum atomic E-state index is -5.23. The molecule has 54 heavy (non-hydrogen) atoms. The Labute approximate surface area is 313 Å². The van der Waals surface area contributed by atoms with Crippen LogP contribution < -0.4 is 16.0 Å². The van der Waals surface area contributed by atoms with E-state index >= 15 is 0 Å². The maximum atomic E-state index is 13.4. The number of nitrogens with one attached hydrogen (secondary N) is 3. The van der Waals surface area contributed by atoms with Crippen molar-refractivity contribution in [3.05, 3.63) is 66.1 Å². The van der Waals surface area contributed by atoms with Gasteiger partial charge in [-0.05, 0) is 50.6 Å². The van der Waals surface area contributed by atoms with E-state index in [1.165, 1.54) is 18.3 Å². The Morgan fingerprint density at radius 2 is 1.63 bits per heavy atom. The Balaban J connectivity index is 1.98. The fraction of sp³-hybridized carbons (Fsp3) is 0.472. The van der Waals surface area contributed by atoms with Crippen molar-refractivity contribution in [1.29, 1.82) is 0 Å². The number of halogens is 3. The van der Waals surface area contributed by atoms with Gasteiger partial charge in [-0.2, -0.15) is 13.2 Å². The summed E-state index contributed by atoms with van der Waals surface area (Å²) < 4.78 is 68.9. The van der Waals surface area contributed by atoms with E-state index in [-0.39, 0.29) is 61.4 Å². The molecule has 0 saturated carbocycles. The summed E-state index contributed by atoms with van der Waals surface area (Å²) in [6.45, 7) is 11.7. The Morgan fingerprint density at radius 1 is 0.926 bits per heavy atom. The highest BCUT2D eigenvalue weighted by Gasteiger charge is 2.39. The Bertz CT molecular complexity index is 1720. The van der Waals surface area contributed by atoms with Crippen LogP contribution in [0.25, 0.3) is 11.3 Å². The van der Waals surface area contributed by atoms with Crippen molar-refractivity contribution in [2.45, 2.75) is 84.0 Å². The fourth-order valence-corrected chi connectivity index (χ4v) is 5.35. The van der Waals surface area contributed by atoms with E-state index in [0.29, 0.717) is 6.61 Å². The maximum Gasteiger partial charge on any atom is 0.471 e. The molecule has 0 saturated heterocycles. The first-order valence-corrected chi connectivity index (χ1v) is 20.7. The number of benzene rings is 2. The average Bonchev–Trinajstić information content (AvgIpc) is 3.49. The predicted molar refractivity (Wildman–Crippen MR) is 196 cm³/mol. The van der Waals surface area contributed by atoms with Gasteiger partial charge in [-0.3, -0.25) is 14.9 Å². The molecule has 1 atom stereocenters. The number of ether oxygens (including phenoxy) is 5. The van der Waals surface area contributed by atoms with Crippen molar-refractivity contribution in [2.75, 3.05) is 37.6 Å². The summed E-state index contributed by atoms with van der Waals surface area (Å²) in [5.74, 6) is -2.59. The van der Waals surface area contributed by atoms with Gasteiger partial charge in [-0.25, -0.2) is 14.6 Å². The third-order valence-electron chi connectivity index (χ3n) is 7.25. The number of rotatable bonds is 17. The molecule has 14 nitrogen and oxygen atoms in total. The number of nitrogens with zero attached hydrogens (tertiary/aromatic N) is 2. The number of imidazole rings is 1. The molecule has 3 aromatic rings. The monoisotopic (exact) mass is 779 g/mol. The number of amides is 3. The second kappa shape index (κ2) is 19.4. The lowest BCUT2D eigenvalue weighted by Crippen LogP contribution is -2.38. The molecule has 3 N–H and O–H groups in total. The van der Waals surface area contributed by atoms with Gasteiger partial charge >= 0.3 is 30.2 Å². The van der Waals surface area contributed by atoms with Crippen LogP contribution in [0, 0.1) is 0 Å². The second-order valence-electron chi connectivity index (χ2n) is 14.3. The van der Waals surface area contributed by atoms with Crippen LogP contribution >= 0.6 is 0 Å². The third kappa shape index (κ3) is 15.2. The molecule has 0 spiro atoms. The molecule has 0 bridgehead atoms. The number of esters is 1. The Morgan fingerprint density at radius 3 is 2.26 bits per heavy atom. The van der Waals surface area contributed by atoms with Gasteiger partial charge in [0.05, 0.1) is 38.1 Å². The van der Waals surface area contributed by atoms with E-state index < -0.39 is 50.0 Å². The predicted octanol–water partition coefficient (Wildman–Crippen LogP) is 7.26. The highest BCUT2D eigenvalue weighted by Crippen LogP contribution is 2.33. The van der Waals surface area contributed by atoms with Crippen molar-refractivity contribution in [1.82, 2.24) is 14.9 Å². The van der Waals surface area contributed by atoms with Gasteiger partial charge in [0, 0.05) is 32.1 Å². The molecular weight excluding hydrogens is 732 g/mol. The van der Waals surface area contributed by atoms with Crippen molar-refractivity contribution in [2.24, 2.45) is 0 Å². The lowest BCUT2D eigenvalue weighted by atomic mass is 10.1. The Kier molecular flexibility index (Phi) is 15.6. The molecule has 18 heteroatoms. The molecule has 2 aromatic carbocycles. The topological polar surface area (TPSA) is 168 Å². The van der Waals surface area contributed by atoms with Crippen LogP contribution in [0.15, 0.2) is 54.7 Å². The Hall–Kier alpha value is -4.94. The summed E-state index contributed by atoms with van der Waals surface area (Å²) >= 11 is 0. The zero-order valence-electron chi connectivity index (χ0n) is 31.4. The van der Waals surface area contributed by atoms with E-state index in [4.69, 9.17) is 18.9 Å². The molecule has 1 aromatic heterocycles. The number of alkyl carbamates (subject to hydrolysis) is 1. The van der Waals surface area contributed by atoms with Crippen LogP contribution in [0.5, 0.6) is 0 Å². The normalized spacial score (nSPS) is 12.4.